The summed E-state index contributed by atoms with van der Waals surface area (Å²) in [6, 6.07) is 0. The molecule has 0 spiro atoms. The third kappa shape index (κ3) is 2.23. The van der Waals surface area contributed by atoms with Gasteiger partial charge < -0.3 is 4.90 Å². The minimum absolute atomic E-state index is 0.411. The SMILES string of the molecule is C=CC1C=C(C(=C)Cl)CN(C)C1. The molecule has 0 saturated carbocycles. The molecule has 0 fully saturated rings. The van der Waals surface area contributed by atoms with Gasteiger partial charge in [0.15, 0.2) is 0 Å². The monoisotopic (exact) mass is 183 g/mol. The molecule has 1 atom stereocenters. The second-order valence-electron chi connectivity index (χ2n) is 3.19. The summed E-state index contributed by atoms with van der Waals surface area (Å²) in [5, 5.41) is 0.647. The summed E-state index contributed by atoms with van der Waals surface area (Å²) in [6.07, 6.45) is 4.08. The molecule has 2 heteroatoms. The zero-order valence-electron chi connectivity index (χ0n) is 7.39. The molecular weight excluding hydrogens is 170 g/mol. The van der Waals surface area contributed by atoms with Crippen molar-refractivity contribution in [3.8, 4) is 0 Å². The molecule has 0 amide bonds. The van der Waals surface area contributed by atoms with Crippen LogP contribution in [0, 0.1) is 5.92 Å². The van der Waals surface area contributed by atoms with Crippen LogP contribution < -0.4 is 0 Å². The summed E-state index contributed by atoms with van der Waals surface area (Å²) in [4.78, 5) is 2.22. The van der Waals surface area contributed by atoms with E-state index in [1.807, 2.05) is 6.08 Å². The van der Waals surface area contributed by atoms with E-state index in [1.54, 1.807) is 0 Å². The fourth-order valence-corrected chi connectivity index (χ4v) is 1.52. The third-order valence-corrected chi connectivity index (χ3v) is 2.27. The van der Waals surface area contributed by atoms with Crippen LogP contribution >= 0.6 is 11.6 Å². The molecule has 1 aliphatic rings. The van der Waals surface area contributed by atoms with Gasteiger partial charge in [0, 0.05) is 24.0 Å². The fourth-order valence-electron chi connectivity index (χ4n) is 1.40. The molecule has 0 aliphatic carbocycles. The first-order valence-electron chi connectivity index (χ1n) is 4.00. The Hall–Kier alpha value is -0.530. The van der Waals surface area contributed by atoms with E-state index in [9.17, 15) is 0 Å². The van der Waals surface area contributed by atoms with Gasteiger partial charge in [0.25, 0.3) is 0 Å². The lowest BCUT2D eigenvalue weighted by Gasteiger charge is -2.27. The van der Waals surface area contributed by atoms with E-state index in [2.05, 4.69) is 31.2 Å². The number of hydrogen-bond donors (Lipinski definition) is 0. The molecule has 0 bridgehead atoms. The number of halogens is 1. The van der Waals surface area contributed by atoms with Crippen LogP contribution in [-0.2, 0) is 0 Å². The average Bonchev–Trinajstić information content (AvgIpc) is 2.03. The Kier molecular flexibility index (Phi) is 3.12. The summed E-state index contributed by atoms with van der Waals surface area (Å²) in [7, 11) is 2.07. The lowest BCUT2D eigenvalue weighted by molar-refractivity contribution is 0.329. The lowest BCUT2D eigenvalue weighted by atomic mass is 10.0. The van der Waals surface area contributed by atoms with E-state index in [-0.39, 0.29) is 0 Å². The molecule has 0 N–H and O–H groups in total. The molecule has 66 valence electrons. The van der Waals surface area contributed by atoms with Crippen molar-refractivity contribution >= 4 is 11.6 Å². The minimum atomic E-state index is 0.411. The van der Waals surface area contributed by atoms with Crippen LogP contribution in [0.3, 0.4) is 0 Å². The van der Waals surface area contributed by atoms with Crippen LogP contribution in [0.5, 0.6) is 0 Å². The quantitative estimate of drug-likeness (QED) is 0.595. The van der Waals surface area contributed by atoms with Crippen LogP contribution in [0.25, 0.3) is 0 Å². The van der Waals surface area contributed by atoms with E-state index in [4.69, 9.17) is 11.6 Å². The summed E-state index contributed by atoms with van der Waals surface area (Å²) < 4.78 is 0. The molecule has 12 heavy (non-hydrogen) atoms. The van der Waals surface area contributed by atoms with Crippen LogP contribution in [0.2, 0.25) is 0 Å². The van der Waals surface area contributed by atoms with Gasteiger partial charge in [-0.15, -0.1) is 6.58 Å². The summed E-state index contributed by atoms with van der Waals surface area (Å²) in [6.45, 7) is 9.41. The maximum absolute atomic E-state index is 5.82. The van der Waals surface area contributed by atoms with E-state index >= 15 is 0 Å². The van der Waals surface area contributed by atoms with Crippen LogP contribution in [0.4, 0.5) is 0 Å². The van der Waals surface area contributed by atoms with Crippen molar-refractivity contribution in [2.75, 3.05) is 20.1 Å². The van der Waals surface area contributed by atoms with Crippen LogP contribution in [0.1, 0.15) is 0 Å². The average molecular weight is 184 g/mol. The highest BCUT2D eigenvalue weighted by atomic mass is 35.5. The Balaban J connectivity index is 2.79. The number of nitrogens with zero attached hydrogens (tertiary/aromatic N) is 1. The van der Waals surface area contributed by atoms with Crippen molar-refractivity contribution in [2.24, 2.45) is 5.92 Å². The summed E-state index contributed by atoms with van der Waals surface area (Å²) in [5.41, 5.74) is 1.12. The van der Waals surface area contributed by atoms with Crippen molar-refractivity contribution < 1.29 is 0 Å². The van der Waals surface area contributed by atoms with Crippen LogP contribution in [-0.4, -0.2) is 25.0 Å². The molecular formula is C10H14ClN. The number of likely N-dealkylation sites (N-methyl/N-ethyl adjacent to an activating group) is 1. The summed E-state index contributed by atoms with van der Waals surface area (Å²) >= 11 is 5.82. The van der Waals surface area contributed by atoms with Crippen LogP contribution in [0.15, 0.2) is 35.9 Å². The van der Waals surface area contributed by atoms with Gasteiger partial charge in [-0.2, -0.15) is 0 Å². The molecule has 1 aliphatic heterocycles. The largest absolute Gasteiger partial charge is 0.301 e. The second-order valence-corrected chi connectivity index (χ2v) is 3.65. The van der Waals surface area contributed by atoms with Crippen molar-refractivity contribution in [1.82, 2.24) is 4.90 Å². The van der Waals surface area contributed by atoms with E-state index in [1.165, 1.54) is 0 Å². The van der Waals surface area contributed by atoms with Gasteiger partial charge in [-0.1, -0.05) is 30.3 Å². The van der Waals surface area contributed by atoms with Crippen molar-refractivity contribution in [3.05, 3.63) is 35.9 Å². The first kappa shape index (κ1) is 9.56. The molecule has 1 heterocycles. The third-order valence-electron chi connectivity index (χ3n) is 2.03. The Morgan fingerprint density at radius 3 is 3.00 bits per heavy atom. The molecule has 1 unspecified atom stereocenters. The normalized spacial score (nSPS) is 24.8. The Morgan fingerprint density at radius 2 is 2.50 bits per heavy atom. The first-order valence-corrected chi connectivity index (χ1v) is 4.38. The van der Waals surface area contributed by atoms with E-state index in [0.717, 1.165) is 18.7 Å². The van der Waals surface area contributed by atoms with Gasteiger partial charge in [-0.05, 0) is 12.6 Å². The zero-order valence-corrected chi connectivity index (χ0v) is 8.14. The first-order chi connectivity index (χ1) is 5.63. The predicted octanol–water partition coefficient (Wildman–Crippen LogP) is 2.41. The van der Waals surface area contributed by atoms with E-state index in [0.29, 0.717) is 11.0 Å². The maximum atomic E-state index is 5.82. The predicted molar refractivity (Wildman–Crippen MR) is 54.3 cm³/mol. The Bertz CT molecular complexity index is 230. The zero-order chi connectivity index (χ0) is 9.14. The van der Waals surface area contributed by atoms with Gasteiger partial charge in [0.05, 0.1) is 0 Å². The Morgan fingerprint density at radius 1 is 1.83 bits per heavy atom. The lowest BCUT2D eigenvalue weighted by Crippen LogP contribution is -2.30. The van der Waals surface area contributed by atoms with E-state index < -0.39 is 0 Å². The van der Waals surface area contributed by atoms with Gasteiger partial charge in [0.1, 0.15) is 0 Å². The molecule has 0 aromatic carbocycles. The molecule has 0 aromatic rings. The molecule has 0 radical (unpaired) electrons. The Labute approximate surface area is 79.0 Å². The van der Waals surface area contributed by atoms with Crippen molar-refractivity contribution in [1.29, 1.82) is 0 Å². The highest BCUT2D eigenvalue weighted by Gasteiger charge is 2.15. The van der Waals surface area contributed by atoms with Crippen molar-refractivity contribution in [3.63, 3.8) is 0 Å². The molecule has 1 rings (SSSR count). The highest BCUT2D eigenvalue weighted by Crippen LogP contribution is 2.21. The molecule has 1 nitrogen and oxygen atoms in total. The molecule has 0 aromatic heterocycles. The standard InChI is InChI=1S/C10H14ClN/c1-4-9-5-10(8(2)11)7-12(3)6-9/h4-5,9H,1-2,6-7H2,3H3. The van der Waals surface area contributed by atoms with Gasteiger partial charge in [-0.25, -0.2) is 0 Å². The second kappa shape index (κ2) is 3.92. The highest BCUT2D eigenvalue weighted by molar-refractivity contribution is 6.31. The summed E-state index contributed by atoms with van der Waals surface area (Å²) in [5.74, 6) is 0.411. The maximum Gasteiger partial charge on any atom is 0.0376 e. The van der Waals surface area contributed by atoms with Gasteiger partial charge in [0.2, 0.25) is 0 Å². The number of rotatable bonds is 2. The fraction of sp³-hybridized carbons (Fsp3) is 0.400. The topological polar surface area (TPSA) is 3.24 Å². The van der Waals surface area contributed by atoms with Crippen molar-refractivity contribution in [2.45, 2.75) is 0 Å². The molecule has 0 saturated heterocycles. The smallest absolute Gasteiger partial charge is 0.0376 e. The van der Waals surface area contributed by atoms with Gasteiger partial charge >= 0.3 is 0 Å². The minimum Gasteiger partial charge on any atom is -0.301 e. The van der Waals surface area contributed by atoms with Gasteiger partial charge in [-0.3, -0.25) is 0 Å². The number of hydrogen-bond acceptors (Lipinski definition) is 1.